The Morgan fingerprint density at radius 3 is 2.40 bits per heavy atom. The molecule has 1 aromatic rings. The maximum absolute atomic E-state index is 10.7. The van der Waals surface area contributed by atoms with E-state index in [0.29, 0.717) is 11.3 Å². The molecule has 2 nitrogen and oxygen atoms in total. The first-order valence-electron chi connectivity index (χ1n) is 3.03. The van der Waals surface area contributed by atoms with Gasteiger partial charge < -0.3 is 5.73 Å². The van der Waals surface area contributed by atoms with Crippen molar-refractivity contribution in [3.8, 4) is 0 Å². The van der Waals surface area contributed by atoms with Crippen molar-refractivity contribution in [2.75, 3.05) is 0 Å². The van der Waals surface area contributed by atoms with Crippen LogP contribution in [0.5, 0.6) is 0 Å². The maximum atomic E-state index is 10.7. The minimum Gasteiger partial charge on any atom is -0.300 e. The molecule has 0 unspecified atom stereocenters. The van der Waals surface area contributed by atoms with Crippen LogP contribution in [0, 0.1) is 0 Å². The highest BCUT2D eigenvalue weighted by Gasteiger charge is 2.01. The molecule has 0 bridgehead atoms. The second-order valence-electron chi connectivity index (χ2n) is 2.10. The Balaban J connectivity index is 3.15. The van der Waals surface area contributed by atoms with Crippen LogP contribution in [0.4, 0.5) is 5.69 Å². The number of Topliss-reactive ketones (excluding diaryl/α,β-unsaturated/α-hetero) is 1. The lowest BCUT2D eigenvalue weighted by atomic mass is 10.1. The van der Waals surface area contributed by atoms with Gasteiger partial charge in [0.1, 0.15) is 0 Å². The molecule has 2 heteroatoms. The molecule has 0 fully saturated rings. The standard InChI is InChI=1S/C8H8NO/c1-6(10)7-4-2-3-5-8(7)9/h2-5,9H,1H3. The fraction of sp³-hybridized carbons (Fsp3) is 0.125. The van der Waals surface area contributed by atoms with E-state index in [9.17, 15) is 4.79 Å². The molecule has 1 rings (SSSR count). The second-order valence-corrected chi connectivity index (χ2v) is 2.10. The summed E-state index contributed by atoms with van der Waals surface area (Å²) in [7, 11) is 0. The zero-order chi connectivity index (χ0) is 7.56. The Bertz CT molecular complexity index is 255. The molecule has 0 aromatic heterocycles. The summed E-state index contributed by atoms with van der Waals surface area (Å²) in [5.74, 6) is -0.0504. The average Bonchev–Trinajstić information content (AvgIpc) is 1.88. The van der Waals surface area contributed by atoms with Crippen LogP contribution in [0.15, 0.2) is 24.3 Å². The second kappa shape index (κ2) is 2.52. The van der Waals surface area contributed by atoms with Gasteiger partial charge in [-0.15, -0.1) is 0 Å². The lowest BCUT2D eigenvalue weighted by Crippen LogP contribution is -1.92. The SMILES string of the molecule is CC(=O)c1ccccc1[NH]. The largest absolute Gasteiger partial charge is 0.300 e. The predicted octanol–water partition coefficient (Wildman–Crippen LogP) is 1.80. The van der Waals surface area contributed by atoms with E-state index in [1.54, 1.807) is 24.3 Å². The zero-order valence-corrected chi connectivity index (χ0v) is 5.72. The summed E-state index contributed by atoms with van der Waals surface area (Å²) in [5, 5.41) is 0. The van der Waals surface area contributed by atoms with Crippen molar-refractivity contribution >= 4 is 11.5 Å². The van der Waals surface area contributed by atoms with Gasteiger partial charge in [0.2, 0.25) is 0 Å². The molecule has 0 spiro atoms. The molecule has 0 saturated carbocycles. The van der Waals surface area contributed by atoms with Gasteiger partial charge in [-0.3, -0.25) is 4.79 Å². The average molecular weight is 134 g/mol. The highest BCUT2D eigenvalue weighted by atomic mass is 16.1. The van der Waals surface area contributed by atoms with Gasteiger partial charge in [0.05, 0.1) is 5.69 Å². The van der Waals surface area contributed by atoms with Crippen LogP contribution in [0.1, 0.15) is 17.3 Å². The third-order valence-electron chi connectivity index (χ3n) is 1.31. The zero-order valence-electron chi connectivity index (χ0n) is 5.72. The number of nitrogens with one attached hydrogen (secondary N) is 1. The predicted molar refractivity (Wildman–Crippen MR) is 39.2 cm³/mol. The molecule has 51 valence electrons. The molecule has 0 amide bonds. The number of ketones is 1. The van der Waals surface area contributed by atoms with Gasteiger partial charge in [0.25, 0.3) is 0 Å². The molecule has 1 N–H and O–H groups in total. The molecular weight excluding hydrogens is 126 g/mol. The van der Waals surface area contributed by atoms with E-state index in [0.717, 1.165) is 0 Å². The molecule has 10 heavy (non-hydrogen) atoms. The van der Waals surface area contributed by atoms with E-state index in [1.165, 1.54) is 6.92 Å². The van der Waals surface area contributed by atoms with Gasteiger partial charge in [0.15, 0.2) is 5.78 Å². The maximum Gasteiger partial charge on any atom is 0.161 e. The highest BCUT2D eigenvalue weighted by molar-refractivity contribution is 5.98. The monoisotopic (exact) mass is 134 g/mol. The first-order valence-corrected chi connectivity index (χ1v) is 3.03. The van der Waals surface area contributed by atoms with Gasteiger partial charge in [0, 0.05) is 5.56 Å². The summed E-state index contributed by atoms with van der Waals surface area (Å²) in [5.41, 5.74) is 8.07. The van der Waals surface area contributed by atoms with Crippen LogP contribution in [0.3, 0.4) is 0 Å². The van der Waals surface area contributed by atoms with Crippen molar-refractivity contribution in [2.45, 2.75) is 6.92 Å². The number of carbonyl (C=O) groups excluding carboxylic acids is 1. The summed E-state index contributed by atoms with van der Waals surface area (Å²) in [4.78, 5) is 10.7. The first-order chi connectivity index (χ1) is 4.72. The fourth-order valence-electron chi connectivity index (χ4n) is 0.790. The molecule has 1 aromatic carbocycles. The van der Waals surface area contributed by atoms with E-state index in [2.05, 4.69) is 0 Å². The highest BCUT2D eigenvalue weighted by Crippen LogP contribution is 2.11. The minimum atomic E-state index is -0.0504. The van der Waals surface area contributed by atoms with Crippen LogP contribution in [-0.4, -0.2) is 5.78 Å². The lowest BCUT2D eigenvalue weighted by molar-refractivity contribution is 0.101. The van der Waals surface area contributed by atoms with Crippen LogP contribution in [-0.2, 0) is 0 Å². The molecule has 1 radical (unpaired) electrons. The summed E-state index contributed by atoms with van der Waals surface area (Å²) < 4.78 is 0. The van der Waals surface area contributed by atoms with E-state index in [1.807, 2.05) is 0 Å². The number of rotatable bonds is 1. The normalized spacial score (nSPS) is 9.30. The van der Waals surface area contributed by atoms with Crippen LogP contribution >= 0.6 is 0 Å². The lowest BCUT2D eigenvalue weighted by Gasteiger charge is -1.96. The number of hydrogen-bond acceptors (Lipinski definition) is 1. The molecule has 0 heterocycles. The first kappa shape index (κ1) is 6.81. The van der Waals surface area contributed by atoms with Crippen molar-refractivity contribution in [1.29, 1.82) is 0 Å². The number of benzene rings is 1. The van der Waals surface area contributed by atoms with Crippen molar-refractivity contribution in [3.63, 3.8) is 0 Å². The van der Waals surface area contributed by atoms with Crippen molar-refractivity contribution < 1.29 is 4.79 Å². The van der Waals surface area contributed by atoms with Crippen molar-refractivity contribution in [2.24, 2.45) is 0 Å². The Morgan fingerprint density at radius 1 is 1.40 bits per heavy atom. The third kappa shape index (κ3) is 1.16. The number of carbonyl (C=O) groups is 1. The Morgan fingerprint density at radius 2 is 2.00 bits per heavy atom. The summed E-state index contributed by atoms with van der Waals surface area (Å²) >= 11 is 0. The summed E-state index contributed by atoms with van der Waals surface area (Å²) in [6.45, 7) is 1.47. The van der Waals surface area contributed by atoms with Crippen LogP contribution in [0.25, 0.3) is 0 Å². The molecule has 0 saturated heterocycles. The summed E-state index contributed by atoms with van der Waals surface area (Å²) in [6.07, 6.45) is 0. The Kier molecular flexibility index (Phi) is 1.71. The molecule has 0 aliphatic carbocycles. The van der Waals surface area contributed by atoms with Gasteiger partial charge >= 0.3 is 0 Å². The van der Waals surface area contributed by atoms with Gasteiger partial charge in [-0.05, 0) is 19.1 Å². The van der Waals surface area contributed by atoms with Gasteiger partial charge in [-0.2, -0.15) is 0 Å². The van der Waals surface area contributed by atoms with Gasteiger partial charge in [-0.25, -0.2) is 0 Å². The van der Waals surface area contributed by atoms with E-state index in [-0.39, 0.29) is 5.78 Å². The third-order valence-corrected chi connectivity index (χ3v) is 1.31. The topological polar surface area (TPSA) is 40.9 Å². The van der Waals surface area contributed by atoms with E-state index in [4.69, 9.17) is 5.73 Å². The summed E-state index contributed by atoms with van der Waals surface area (Å²) in [6, 6.07) is 6.77. The molecule has 0 atom stereocenters. The minimum absolute atomic E-state index is 0.0504. The fourth-order valence-corrected chi connectivity index (χ4v) is 0.790. The molecular formula is C8H8NO. The van der Waals surface area contributed by atoms with Crippen LogP contribution in [0.2, 0.25) is 0 Å². The smallest absolute Gasteiger partial charge is 0.161 e. The van der Waals surface area contributed by atoms with Crippen LogP contribution < -0.4 is 5.73 Å². The van der Waals surface area contributed by atoms with Crippen molar-refractivity contribution in [1.82, 2.24) is 5.73 Å². The van der Waals surface area contributed by atoms with Gasteiger partial charge in [-0.1, -0.05) is 12.1 Å². The Hall–Kier alpha value is -1.31. The Labute approximate surface area is 59.7 Å². The number of hydrogen-bond donors (Lipinski definition) is 0. The quantitative estimate of drug-likeness (QED) is 0.540. The van der Waals surface area contributed by atoms with E-state index >= 15 is 0 Å². The van der Waals surface area contributed by atoms with Crippen molar-refractivity contribution in [3.05, 3.63) is 29.8 Å². The molecule has 0 aliphatic rings. The molecule has 0 aliphatic heterocycles. The van der Waals surface area contributed by atoms with E-state index < -0.39 is 0 Å².